The van der Waals surface area contributed by atoms with E-state index in [-0.39, 0.29) is 0 Å². The Morgan fingerprint density at radius 2 is 2.00 bits per heavy atom. The average Bonchev–Trinajstić information content (AvgIpc) is 2.01. The monoisotopic (exact) mass is 216 g/mol. The van der Waals surface area contributed by atoms with Gasteiger partial charge in [-0.2, -0.15) is 0 Å². The second-order valence-corrected chi connectivity index (χ2v) is 4.69. The van der Waals surface area contributed by atoms with E-state index in [4.69, 9.17) is 11.6 Å². The summed E-state index contributed by atoms with van der Waals surface area (Å²) in [6.07, 6.45) is 2.00. The maximum atomic E-state index is 9.74. The van der Waals surface area contributed by atoms with Crippen LogP contribution in [-0.2, 0) is 5.60 Å². The fraction of sp³-hybridized carbons (Fsp3) is 0.400. The van der Waals surface area contributed by atoms with Crippen molar-refractivity contribution in [2.45, 2.75) is 24.3 Å². The lowest BCUT2D eigenvalue weighted by molar-refractivity contribution is 0.0786. The molecule has 1 N–H and O–H groups in total. The maximum Gasteiger partial charge on any atom is 0.0854 e. The highest BCUT2D eigenvalue weighted by Gasteiger charge is 2.19. The summed E-state index contributed by atoms with van der Waals surface area (Å²) in [5, 5.41) is 10.4. The fourth-order valence-corrected chi connectivity index (χ4v) is 2.04. The van der Waals surface area contributed by atoms with Gasteiger partial charge in [0.25, 0.3) is 0 Å². The summed E-state index contributed by atoms with van der Waals surface area (Å²) in [6.45, 7) is 3.46. The maximum absolute atomic E-state index is 9.74. The summed E-state index contributed by atoms with van der Waals surface area (Å²) < 4.78 is 0. The van der Waals surface area contributed by atoms with Crippen LogP contribution in [0.2, 0.25) is 5.02 Å². The van der Waals surface area contributed by atoms with E-state index in [1.807, 2.05) is 24.5 Å². The van der Waals surface area contributed by atoms with Gasteiger partial charge in [0.2, 0.25) is 0 Å². The van der Waals surface area contributed by atoms with Crippen LogP contribution in [0.4, 0.5) is 0 Å². The standard InChI is InChI=1S/C10H13ClOS/c1-10(2,12)8-5-4-7(13-3)6-9(8)11/h4-6,12H,1-3H3. The predicted octanol–water partition coefficient (Wildman–Crippen LogP) is 3.29. The van der Waals surface area contributed by atoms with Gasteiger partial charge in [0.15, 0.2) is 0 Å². The molecular weight excluding hydrogens is 204 g/mol. The minimum atomic E-state index is -0.867. The number of halogens is 1. The van der Waals surface area contributed by atoms with Gasteiger partial charge < -0.3 is 5.11 Å². The van der Waals surface area contributed by atoms with Crippen LogP contribution in [0.5, 0.6) is 0 Å². The molecule has 0 atom stereocenters. The molecule has 0 aliphatic carbocycles. The van der Waals surface area contributed by atoms with Gasteiger partial charge in [-0.25, -0.2) is 0 Å². The first-order valence-corrected chi connectivity index (χ1v) is 5.62. The Hall–Kier alpha value is -0.180. The largest absolute Gasteiger partial charge is 0.386 e. The number of hydrogen-bond acceptors (Lipinski definition) is 2. The second kappa shape index (κ2) is 3.91. The van der Waals surface area contributed by atoms with Gasteiger partial charge >= 0.3 is 0 Å². The highest BCUT2D eigenvalue weighted by atomic mass is 35.5. The highest BCUT2D eigenvalue weighted by Crippen LogP contribution is 2.30. The van der Waals surface area contributed by atoms with Crippen molar-refractivity contribution in [1.82, 2.24) is 0 Å². The Balaban J connectivity index is 3.13. The molecule has 1 aromatic rings. The molecule has 0 unspecified atom stereocenters. The van der Waals surface area contributed by atoms with E-state index < -0.39 is 5.60 Å². The molecule has 0 aliphatic rings. The van der Waals surface area contributed by atoms with Crippen molar-refractivity contribution in [3.05, 3.63) is 28.8 Å². The quantitative estimate of drug-likeness (QED) is 0.766. The normalized spacial score (nSPS) is 11.8. The molecule has 1 rings (SSSR count). The first-order chi connectivity index (χ1) is 5.95. The van der Waals surface area contributed by atoms with Crippen LogP contribution in [0.25, 0.3) is 0 Å². The Labute approximate surface area is 88.1 Å². The van der Waals surface area contributed by atoms with E-state index in [0.717, 1.165) is 10.5 Å². The lowest BCUT2D eigenvalue weighted by Gasteiger charge is -2.19. The van der Waals surface area contributed by atoms with E-state index in [9.17, 15) is 5.11 Å². The number of thioether (sulfide) groups is 1. The van der Waals surface area contributed by atoms with E-state index in [2.05, 4.69) is 0 Å². The number of aliphatic hydroxyl groups is 1. The van der Waals surface area contributed by atoms with Crippen molar-refractivity contribution >= 4 is 23.4 Å². The van der Waals surface area contributed by atoms with Crippen LogP contribution in [0, 0.1) is 0 Å². The van der Waals surface area contributed by atoms with E-state index >= 15 is 0 Å². The van der Waals surface area contributed by atoms with Crippen LogP contribution in [0.15, 0.2) is 23.1 Å². The Morgan fingerprint density at radius 1 is 1.38 bits per heavy atom. The zero-order chi connectivity index (χ0) is 10.1. The van der Waals surface area contributed by atoms with Gasteiger partial charge in [0.1, 0.15) is 0 Å². The number of hydrogen-bond donors (Lipinski definition) is 1. The minimum Gasteiger partial charge on any atom is -0.386 e. The van der Waals surface area contributed by atoms with Crippen molar-refractivity contribution in [2.24, 2.45) is 0 Å². The van der Waals surface area contributed by atoms with Crippen molar-refractivity contribution in [1.29, 1.82) is 0 Å². The van der Waals surface area contributed by atoms with E-state index in [1.165, 1.54) is 0 Å². The molecule has 0 fully saturated rings. The molecule has 13 heavy (non-hydrogen) atoms. The number of rotatable bonds is 2. The highest BCUT2D eigenvalue weighted by molar-refractivity contribution is 7.98. The molecule has 1 aromatic carbocycles. The van der Waals surface area contributed by atoms with Crippen molar-refractivity contribution in [2.75, 3.05) is 6.26 Å². The summed E-state index contributed by atoms with van der Waals surface area (Å²) in [7, 11) is 0. The van der Waals surface area contributed by atoms with E-state index in [0.29, 0.717) is 5.02 Å². The third-order valence-electron chi connectivity index (χ3n) is 1.84. The number of benzene rings is 1. The summed E-state index contributed by atoms with van der Waals surface area (Å²) in [5.74, 6) is 0. The van der Waals surface area contributed by atoms with Gasteiger partial charge in [0.05, 0.1) is 5.60 Å². The first-order valence-electron chi connectivity index (χ1n) is 4.01. The summed E-state index contributed by atoms with van der Waals surface area (Å²) in [5.41, 5.74) is -0.0967. The Bertz CT molecular complexity index is 304. The van der Waals surface area contributed by atoms with Gasteiger partial charge in [-0.3, -0.25) is 0 Å². The van der Waals surface area contributed by atoms with Crippen LogP contribution in [0.3, 0.4) is 0 Å². The summed E-state index contributed by atoms with van der Waals surface area (Å²) >= 11 is 7.66. The molecule has 0 amide bonds. The van der Waals surface area contributed by atoms with Crippen molar-refractivity contribution in [3.8, 4) is 0 Å². The van der Waals surface area contributed by atoms with Crippen LogP contribution >= 0.6 is 23.4 Å². The first kappa shape index (κ1) is 10.9. The van der Waals surface area contributed by atoms with E-state index in [1.54, 1.807) is 25.6 Å². The van der Waals surface area contributed by atoms with Crippen LogP contribution in [-0.4, -0.2) is 11.4 Å². The minimum absolute atomic E-state index is 0.624. The lowest BCUT2D eigenvalue weighted by Crippen LogP contribution is -2.15. The van der Waals surface area contributed by atoms with Gasteiger partial charge in [-0.15, -0.1) is 11.8 Å². The molecule has 1 nitrogen and oxygen atoms in total. The molecular formula is C10H13ClOS. The topological polar surface area (TPSA) is 20.2 Å². The smallest absolute Gasteiger partial charge is 0.0854 e. The third-order valence-corrected chi connectivity index (χ3v) is 2.87. The molecule has 0 bridgehead atoms. The Kier molecular flexibility index (Phi) is 3.28. The molecule has 3 heteroatoms. The SMILES string of the molecule is CSc1ccc(C(C)(C)O)c(Cl)c1. The predicted molar refractivity (Wildman–Crippen MR) is 58.5 cm³/mol. The summed E-state index contributed by atoms with van der Waals surface area (Å²) in [6, 6.07) is 5.71. The molecule has 0 saturated carbocycles. The van der Waals surface area contributed by atoms with Crippen LogP contribution in [0.1, 0.15) is 19.4 Å². The zero-order valence-electron chi connectivity index (χ0n) is 7.97. The Morgan fingerprint density at radius 3 is 2.38 bits per heavy atom. The molecule has 0 heterocycles. The average molecular weight is 217 g/mol. The van der Waals surface area contributed by atoms with Crippen LogP contribution < -0.4 is 0 Å². The molecule has 72 valence electrons. The second-order valence-electron chi connectivity index (χ2n) is 3.40. The van der Waals surface area contributed by atoms with Gasteiger partial charge in [-0.1, -0.05) is 17.7 Å². The van der Waals surface area contributed by atoms with Gasteiger partial charge in [-0.05, 0) is 32.2 Å². The third kappa shape index (κ3) is 2.63. The fourth-order valence-electron chi connectivity index (χ4n) is 1.12. The molecule has 0 radical (unpaired) electrons. The zero-order valence-corrected chi connectivity index (χ0v) is 9.54. The lowest BCUT2D eigenvalue weighted by atomic mass is 9.99. The van der Waals surface area contributed by atoms with Crippen molar-refractivity contribution in [3.63, 3.8) is 0 Å². The van der Waals surface area contributed by atoms with Crippen molar-refractivity contribution < 1.29 is 5.11 Å². The molecule has 0 aliphatic heterocycles. The molecule has 0 aromatic heterocycles. The molecule has 0 spiro atoms. The molecule has 0 saturated heterocycles. The van der Waals surface area contributed by atoms with Gasteiger partial charge in [0, 0.05) is 15.5 Å². The summed E-state index contributed by atoms with van der Waals surface area (Å²) in [4.78, 5) is 1.11.